The van der Waals surface area contributed by atoms with Crippen LogP contribution in [0.1, 0.15) is 30.1 Å². The summed E-state index contributed by atoms with van der Waals surface area (Å²) in [6, 6.07) is 6.30. The first-order valence-electron chi connectivity index (χ1n) is 5.99. The van der Waals surface area contributed by atoms with E-state index in [1.54, 1.807) is 17.0 Å². The largest absolute Gasteiger partial charge is 0.478 e. The molecule has 1 fully saturated rings. The van der Waals surface area contributed by atoms with E-state index in [4.69, 9.17) is 5.11 Å². The molecule has 1 saturated heterocycles. The number of carbonyl (C=O) groups excluding carboxylic acids is 1. The summed E-state index contributed by atoms with van der Waals surface area (Å²) in [6.45, 7) is 2.81. The molecule has 18 heavy (non-hydrogen) atoms. The second kappa shape index (κ2) is 5.08. The molecule has 1 aliphatic heterocycles. The molecule has 1 atom stereocenters. The molecule has 2 rings (SSSR count). The molecule has 5 heteroatoms. The van der Waals surface area contributed by atoms with Gasteiger partial charge in [0, 0.05) is 18.3 Å². The molecule has 1 heterocycles. The van der Waals surface area contributed by atoms with Crippen LogP contribution in [-0.4, -0.2) is 34.6 Å². The van der Waals surface area contributed by atoms with Crippen molar-refractivity contribution < 1.29 is 14.7 Å². The number of amides is 2. The Morgan fingerprint density at radius 2 is 2.00 bits per heavy atom. The SMILES string of the molecule is CC1CCCN1C(=O)Nc1ccc(C(=O)O)cc1. The highest BCUT2D eigenvalue weighted by molar-refractivity contribution is 5.91. The molecule has 0 spiro atoms. The van der Waals surface area contributed by atoms with Crippen LogP contribution in [0.5, 0.6) is 0 Å². The van der Waals surface area contributed by atoms with Crippen molar-refractivity contribution in [2.45, 2.75) is 25.8 Å². The fourth-order valence-corrected chi connectivity index (χ4v) is 2.13. The third kappa shape index (κ3) is 2.61. The van der Waals surface area contributed by atoms with Gasteiger partial charge in [0.15, 0.2) is 0 Å². The third-order valence-electron chi connectivity index (χ3n) is 3.20. The Bertz CT molecular complexity index is 456. The minimum absolute atomic E-state index is 0.122. The van der Waals surface area contributed by atoms with Crippen molar-refractivity contribution in [2.24, 2.45) is 0 Å². The van der Waals surface area contributed by atoms with E-state index in [0.29, 0.717) is 5.69 Å². The van der Waals surface area contributed by atoms with E-state index in [2.05, 4.69) is 5.32 Å². The lowest BCUT2D eigenvalue weighted by Crippen LogP contribution is -2.37. The van der Waals surface area contributed by atoms with Crippen molar-refractivity contribution in [1.82, 2.24) is 4.90 Å². The van der Waals surface area contributed by atoms with Crippen LogP contribution in [0.15, 0.2) is 24.3 Å². The van der Waals surface area contributed by atoms with E-state index in [9.17, 15) is 9.59 Å². The lowest BCUT2D eigenvalue weighted by molar-refractivity contribution is 0.0697. The summed E-state index contributed by atoms with van der Waals surface area (Å²) in [5.74, 6) is -0.971. The van der Waals surface area contributed by atoms with Gasteiger partial charge >= 0.3 is 12.0 Å². The van der Waals surface area contributed by atoms with Gasteiger partial charge in [-0.05, 0) is 44.0 Å². The number of aromatic carboxylic acids is 1. The summed E-state index contributed by atoms with van der Waals surface area (Å²) in [4.78, 5) is 24.4. The Hall–Kier alpha value is -2.04. The summed E-state index contributed by atoms with van der Waals surface area (Å²) in [6.07, 6.45) is 2.07. The minimum Gasteiger partial charge on any atom is -0.478 e. The average molecular weight is 248 g/mol. The second-order valence-corrected chi connectivity index (χ2v) is 4.50. The Balaban J connectivity index is 2.00. The second-order valence-electron chi connectivity index (χ2n) is 4.50. The smallest absolute Gasteiger partial charge is 0.335 e. The number of rotatable bonds is 2. The first-order valence-corrected chi connectivity index (χ1v) is 5.99. The Labute approximate surface area is 105 Å². The van der Waals surface area contributed by atoms with Crippen molar-refractivity contribution in [2.75, 3.05) is 11.9 Å². The van der Waals surface area contributed by atoms with E-state index < -0.39 is 5.97 Å². The Morgan fingerprint density at radius 1 is 1.33 bits per heavy atom. The number of carboxylic acids is 1. The minimum atomic E-state index is -0.971. The molecular formula is C13H16N2O3. The number of hydrogen-bond donors (Lipinski definition) is 2. The zero-order valence-corrected chi connectivity index (χ0v) is 10.2. The average Bonchev–Trinajstić information content (AvgIpc) is 2.76. The normalized spacial score (nSPS) is 18.7. The summed E-state index contributed by atoms with van der Waals surface area (Å²) in [5, 5.41) is 11.5. The van der Waals surface area contributed by atoms with Gasteiger partial charge in [-0.3, -0.25) is 0 Å². The highest BCUT2D eigenvalue weighted by atomic mass is 16.4. The molecule has 2 amide bonds. The molecule has 0 aromatic heterocycles. The zero-order valence-electron chi connectivity index (χ0n) is 10.2. The molecular weight excluding hydrogens is 232 g/mol. The molecule has 0 aliphatic carbocycles. The predicted octanol–water partition coefficient (Wildman–Crippen LogP) is 2.40. The van der Waals surface area contributed by atoms with Gasteiger partial charge in [-0.2, -0.15) is 0 Å². The molecule has 2 N–H and O–H groups in total. The van der Waals surface area contributed by atoms with Gasteiger partial charge in [0.1, 0.15) is 0 Å². The number of urea groups is 1. The topological polar surface area (TPSA) is 69.6 Å². The van der Waals surface area contributed by atoms with Gasteiger partial charge in [-0.25, -0.2) is 9.59 Å². The van der Waals surface area contributed by atoms with Crippen LogP contribution in [0.4, 0.5) is 10.5 Å². The van der Waals surface area contributed by atoms with Crippen LogP contribution in [-0.2, 0) is 0 Å². The fraction of sp³-hybridized carbons (Fsp3) is 0.385. The first-order chi connectivity index (χ1) is 8.58. The molecule has 5 nitrogen and oxygen atoms in total. The number of carboxylic acid groups (broad SMARTS) is 1. The molecule has 1 aliphatic rings. The van der Waals surface area contributed by atoms with E-state index in [0.717, 1.165) is 19.4 Å². The molecule has 96 valence electrons. The molecule has 1 aromatic carbocycles. The van der Waals surface area contributed by atoms with Gasteiger partial charge in [0.2, 0.25) is 0 Å². The van der Waals surface area contributed by atoms with Crippen molar-refractivity contribution in [3.63, 3.8) is 0 Å². The lowest BCUT2D eigenvalue weighted by Gasteiger charge is -2.21. The standard InChI is InChI=1S/C13H16N2O3/c1-9-3-2-8-15(9)13(18)14-11-6-4-10(5-7-11)12(16)17/h4-7,9H,2-3,8H2,1H3,(H,14,18)(H,16,17). The van der Waals surface area contributed by atoms with Gasteiger partial charge in [0.05, 0.1) is 5.56 Å². The van der Waals surface area contributed by atoms with Crippen molar-refractivity contribution >= 4 is 17.7 Å². The third-order valence-corrected chi connectivity index (χ3v) is 3.20. The zero-order chi connectivity index (χ0) is 13.1. The Morgan fingerprint density at radius 3 is 2.50 bits per heavy atom. The molecule has 1 aromatic rings. The molecule has 0 bridgehead atoms. The highest BCUT2D eigenvalue weighted by Crippen LogP contribution is 2.18. The molecule has 0 radical (unpaired) electrons. The molecule has 0 saturated carbocycles. The van der Waals surface area contributed by atoms with Gasteiger partial charge in [0.25, 0.3) is 0 Å². The Kier molecular flexibility index (Phi) is 3.50. The maximum absolute atomic E-state index is 11.9. The molecule has 1 unspecified atom stereocenters. The van der Waals surface area contributed by atoms with Crippen molar-refractivity contribution in [3.05, 3.63) is 29.8 Å². The van der Waals surface area contributed by atoms with E-state index in [1.807, 2.05) is 6.92 Å². The van der Waals surface area contributed by atoms with Crippen molar-refractivity contribution in [3.8, 4) is 0 Å². The number of nitrogens with zero attached hydrogens (tertiary/aromatic N) is 1. The summed E-state index contributed by atoms with van der Waals surface area (Å²) in [7, 11) is 0. The maximum Gasteiger partial charge on any atom is 0.335 e. The number of carbonyl (C=O) groups is 2. The van der Waals surface area contributed by atoms with Crippen LogP contribution in [0.25, 0.3) is 0 Å². The summed E-state index contributed by atoms with van der Waals surface area (Å²) in [5.41, 5.74) is 0.826. The van der Waals surface area contributed by atoms with Gasteiger partial charge < -0.3 is 15.3 Å². The van der Waals surface area contributed by atoms with E-state index in [1.165, 1.54) is 12.1 Å². The fourth-order valence-electron chi connectivity index (χ4n) is 2.13. The first kappa shape index (κ1) is 12.4. The number of likely N-dealkylation sites (tertiary alicyclic amines) is 1. The number of hydrogen-bond acceptors (Lipinski definition) is 2. The van der Waals surface area contributed by atoms with Crippen LogP contribution >= 0.6 is 0 Å². The maximum atomic E-state index is 11.9. The number of nitrogens with one attached hydrogen (secondary N) is 1. The lowest BCUT2D eigenvalue weighted by atomic mass is 10.2. The predicted molar refractivity (Wildman–Crippen MR) is 67.8 cm³/mol. The number of benzene rings is 1. The van der Waals surface area contributed by atoms with E-state index in [-0.39, 0.29) is 17.6 Å². The summed E-state index contributed by atoms with van der Waals surface area (Å²) < 4.78 is 0. The van der Waals surface area contributed by atoms with Crippen LogP contribution in [0.3, 0.4) is 0 Å². The van der Waals surface area contributed by atoms with Crippen LogP contribution in [0, 0.1) is 0 Å². The van der Waals surface area contributed by atoms with Crippen LogP contribution in [0.2, 0.25) is 0 Å². The highest BCUT2D eigenvalue weighted by Gasteiger charge is 2.24. The van der Waals surface area contributed by atoms with Crippen LogP contribution < -0.4 is 5.32 Å². The van der Waals surface area contributed by atoms with Gasteiger partial charge in [-0.15, -0.1) is 0 Å². The van der Waals surface area contributed by atoms with Gasteiger partial charge in [-0.1, -0.05) is 0 Å². The van der Waals surface area contributed by atoms with Crippen molar-refractivity contribution in [1.29, 1.82) is 0 Å². The van der Waals surface area contributed by atoms with E-state index >= 15 is 0 Å². The summed E-state index contributed by atoms with van der Waals surface area (Å²) >= 11 is 0. The number of anilines is 1. The quantitative estimate of drug-likeness (QED) is 0.844. The monoisotopic (exact) mass is 248 g/mol.